The summed E-state index contributed by atoms with van der Waals surface area (Å²) in [5.41, 5.74) is 0. The third-order valence-electron chi connectivity index (χ3n) is 6.20. The predicted molar refractivity (Wildman–Crippen MR) is 125 cm³/mol. The summed E-state index contributed by atoms with van der Waals surface area (Å²) in [6, 6.07) is 0. The van der Waals surface area contributed by atoms with Crippen molar-refractivity contribution in [1.29, 1.82) is 0 Å². The molecule has 4 nitrogen and oxygen atoms in total. The van der Waals surface area contributed by atoms with Crippen LogP contribution in [0.15, 0.2) is 0 Å². The fourth-order valence-electron chi connectivity index (χ4n) is 4.15. The lowest BCUT2D eigenvalue weighted by Crippen LogP contribution is -2.30. The molecule has 0 aliphatic carbocycles. The molecule has 0 aromatic carbocycles. The number of hydrogen-bond donors (Lipinski definition) is 1. The number of unbranched alkanes of at least 4 members (excludes halogenated alkanes) is 12. The molecule has 1 amide bonds. The van der Waals surface area contributed by atoms with Crippen LogP contribution in [0.4, 0.5) is 4.79 Å². The van der Waals surface area contributed by atoms with E-state index < -0.39 is 0 Å². The summed E-state index contributed by atoms with van der Waals surface area (Å²) in [4.78, 5) is 13.9. The van der Waals surface area contributed by atoms with Crippen molar-refractivity contribution in [3.05, 3.63) is 0 Å². The van der Waals surface area contributed by atoms with Crippen LogP contribution in [0.3, 0.4) is 0 Å². The van der Waals surface area contributed by atoms with Crippen molar-refractivity contribution in [3.63, 3.8) is 0 Å². The molecule has 1 fully saturated rings. The summed E-state index contributed by atoms with van der Waals surface area (Å²) in [7, 11) is 0. The zero-order valence-electron chi connectivity index (χ0n) is 19.7. The van der Waals surface area contributed by atoms with E-state index in [1.807, 2.05) is 4.90 Å². The summed E-state index contributed by atoms with van der Waals surface area (Å²) in [5, 5.41) is 3.60. The molecule has 1 heterocycles. The lowest BCUT2D eigenvalue weighted by molar-refractivity contribution is 0.108. The molecule has 0 aromatic heterocycles. The molecule has 29 heavy (non-hydrogen) atoms. The average Bonchev–Trinajstić information content (AvgIpc) is 3.20. The van der Waals surface area contributed by atoms with Crippen LogP contribution in [-0.4, -0.2) is 43.8 Å². The van der Waals surface area contributed by atoms with Crippen LogP contribution in [0.2, 0.25) is 0 Å². The number of amides is 1. The molecule has 0 aromatic rings. The Morgan fingerprint density at radius 3 is 2.03 bits per heavy atom. The van der Waals surface area contributed by atoms with Gasteiger partial charge in [0.25, 0.3) is 0 Å². The van der Waals surface area contributed by atoms with Gasteiger partial charge >= 0.3 is 6.09 Å². The first-order chi connectivity index (χ1) is 14.3. The molecule has 1 atom stereocenters. The Morgan fingerprint density at radius 1 is 0.828 bits per heavy atom. The maximum absolute atomic E-state index is 12.0. The van der Waals surface area contributed by atoms with E-state index in [0.717, 1.165) is 45.4 Å². The molecule has 4 heteroatoms. The van der Waals surface area contributed by atoms with Gasteiger partial charge in [-0.2, -0.15) is 0 Å². The van der Waals surface area contributed by atoms with E-state index in [1.165, 1.54) is 83.5 Å². The van der Waals surface area contributed by atoms with Crippen molar-refractivity contribution < 1.29 is 9.53 Å². The molecular formula is C25H50N2O2. The molecule has 0 bridgehead atoms. The summed E-state index contributed by atoms with van der Waals surface area (Å²) in [6.45, 7) is 8.95. The second-order valence-corrected chi connectivity index (χ2v) is 9.00. The van der Waals surface area contributed by atoms with Gasteiger partial charge in [0.2, 0.25) is 0 Å². The second-order valence-electron chi connectivity index (χ2n) is 9.00. The predicted octanol–water partition coefficient (Wildman–Crippen LogP) is 6.93. The van der Waals surface area contributed by atoms with Gasteiger partial charge in [0.05, 0.1) is 6.61 Å². The quantitative estimate of drug-likeness (QED) is 0.235. The second kappa shape index (κ2) is 19.2. The Balaban J connectivity index is 1.81. The number of nitrogens with zero attached hydrogens (tertiary/aromatic N) is 1. The fourth-order valence-corrected chi connectivity index (χ4v) is 4.15. The normalized spacial score (nSPS) is 16.5. The topological polar surface area (TPSA) is 41.6 Å². The first kappa shape index (κ1) is 26.3. The third kappa shape index (κ3) is 14.8. The first-order valence-electron chi connectivity index (χ1n) is 12.9. The maximum Gasteiger partial charge on any atom is 0.409 e. The summed E-state index contributed by atoms with van der Waals surface area (Å²) in [5.74, 6) is 0.642. The molecule has 0 unspecified atom stereocenters. The largest absolute Gasteiger partial charge is 0.449 e. The molecule has 1 aliphatic rings. The summed E-state index contributed by atoms with van der Waals surface area (Å²) >= 11 is 0. The highest BCUT2D eigenvalue weighted by atomic mass is 16.6. The molecular weight excluding hydrogens is 360 g/mol. The van der Waals surface area contributed by atoms with Gasteiger partial charge in [-0.3, -0.25) is 0 Å². The number of carbonyl (C=O) groups is 1. The fraction of sp³-hybridized carbons (Fsp3) is 0.960. The number of ether oxygens (including phenoxy) is 1. The minimum absolute atomic E-state index is 0.106. The van der Waals surface area contributed by atoms with Crippen LogP contribution in [0.1, 0.15) is 117 Å². The Morgan fingerprint density at radius 2 is 1.41 bits per heavy atom. The van der Waals surface area contributed by atoms with Crippen LogP contribution in [0.5, 0.6) is 0 Å². The van der Waals surface area contributed by atoms with E-state index in [1.54, 1.807) is 0 Å². The number of likely N-dealkylation sites (tertiary alicyclic amines) is 1. The van der Waals surface area contributed by atoms with Crippen molar-refractivity contribution in [3.8, 4) is 0 Å². The van der Waals surface area contributed by atoms with Crippen LogP contribution in [0, 0.1) is 5.92 Å². The Bertz CT molecular complexity index is 376. The van der Waals surface area contributed by atoms with E-state index in [2.05, 4.69) is 19.2 Å². The number of carbonyl (C=O) groups excluding carboxylic acids is 1. The van der Waals surface area contributed by atoms with Gasteiger partial charge in [0, 0.05) is 13.1 Å². The van der Waals surface area contributed by atoms with Crippen molar-refractivity contribution in [2.45, 2.75) is 117 Å². The van der Waals surface area contributed by atoms with Gasteiger partial charge in [-0.15, -0.1) is 0 Å². The Kier molecular flexibility index (Phi) is 17.4. The van der Waals surface area contributed by atoms with Gasteiger partial charge in [-0.25, -0.2) is 4.79 Å². The monoisotopic (exact) mass is 410 g/mol. The molecule has 0 spiro atoms. The van der Waals surface area contributed by atoms with Gasteiger partial charge in [0.15, 0.2) is 0 Å². The molecule has 1 rings (SSSR count). The van der Waals surface area contributed by atoms with Crippen LogP contribution >= 0.6 is 0 Å². The minimum atomic E-state index is -0.106. The number of nitrogens with one attached hydrogen (secondary N) is 1. The van der Waals surface area contributed by atoms with E-state index in [4.69, 9.17) is 4.74 Å². The molecule has 0 saturated carbocycles. The van der Waals surface area contributed by atoms with Gasteiger partial charge in [-0.1, -0.05) is 90.9 Å². The SMILES string of the molecule is CCCCCCCCCCCCCCNCC[C@H]1CCN(C(=O)OCCCC)C1. The Hall–Kier alpha value is -0.770. The van der Waals surface area contributed by atoms with E-state index in [0.29, 0.717) is 12.5 Å². The molecule has 1 saturated heterocycles. The third-order valence-corrected chi connectivity index (χ3v) is 6.20. The molecule has 0 radical (unpaired) electrons. The van der Waals surface area contributed by atoms with Crippen LogP contribution in [0.25, 0.3) is 0 Å². The molecule has 1 N–H and O–H groups in total. The van der Waals surface area contributed by atoms with Crippen LogP contribution < -0.4 is 5.32 Å². The van der Waals surface area contributed by atoms with Gasteiger partial charge in [-0.05, 0) is 44.7 Å². The lowest BCUT2D eigenvalue weighted by Gasteiger charge is -2.16. The highest BCUT2D eigenvalue weighted by molar-refractivity contribution is 5.67. The van der Waals surface area contributed by atoms with E-state index >= 15 is 0 Å². The number of hydrogen-bond acceptors (Lipinski definition) is 3. The van der Waals surface area contributed by atoms with Crippen molar-refractivity contribution >= 4 is 6.09 Å². The van der Waals surface area contributed by atoms with Gasteiger partial charge in [0.1, 0.15) is 0 Å². The van der Waals surface area contributed by atoms with Crippen molar-refractivity contribution in [2.75, 3.05) is 32.8 Å². The Labute approximate surface area is 181 Å². The number of rotatable bonds is 19. The zero-order chi connectivity index (χ0) is 21.0. The standard InChI is InChI=1S/C25H50N2O2/c1-3-5-7-8-9-10-11-12-13-14-15-16-19-26-20-17-24-18-21-27(23-24)25(28)29-22-6-4-2/h24,26H,3-23H2,1-2H3/t24-/m0/s1. The van der Waals surface area contributed by atoms with Gasteiger partial charge < -0.3 is 15.0 Å². The smallest absolute Gasteiger partial charge is 0.409 e. The highest BCUT2D eigenvalue weighted by Gasteiger charge is 2.26. The van der Waals surface area contributed by atoms with Crippen molar-refractivity contribution in [1.82, 2.24) is 10.2 Å². The first-order valence-corrected chi connectivity index (χ1v) is 12.9. The maximum atomic E-state index is 12.0. The molecule has 172 valence electrons. The lowest BCUT2D eigenvalue weighted by atomic mass is 10.0. The zero-order valence-corrected chi connectivity index (χ0v) is 19.7. The van der Waals surface area contributed by atoms with E-state index in [-0.39, 0.29) is 6.09 Å². The van der Waals surface area contributed by atoms with Crippen molar-refractivity contribution in [2.24, 2.45) is 5.92 Å². The molecule has 1 aliphatic heterocycles. The summed E-state index contributed by atoms with van der Waals surface area (Å²) in [6.07, 6.45) is 21.1. The highest BCUT2D eigenvalue weighted by Crippen LogP contribution is 2.20. The average molecular weight is 411 g/mol. The van der Waals surface area contributed by atoms with Crippen LogP contribution in [-0.2, 0) is 4.74 Å². The minimum Gasteiger partial charge on any atom is -0.449 e. The van der Waals surface area contributed by atoms with E-state index in [9.17, 15) is 4.79 Å². The summed E-state index contributed by atoms with van der Waals surface area (Å²) < 4.78 is 5.32.